The van der Waals surface area contributed by atoms with E-state index < -0.39 is 17.5 Å². The van der Waals surface area contributed by atoms with E-state index >= 15 is 4.39 Å². The minimum absolute atomic E-state index is 0.142. The van der Waals surface area contributed by atoms with Gasteiger partial charge in [0, 0.05) is 22.5 Å². The first-order valence-electron chi connectivity index (χ1n) is 13.2. The third-order valence-electron chi connectivity index (χ3n) is 7.28. The van der Waals surface area contributed by atoms with Crippen LogP contribution in [0.15, 0.2) is 29.3 Å². The molecule has 0 saturated carbocycles. The van der Waals surface area contributed by atoms with E-state index in [2.05, 4.69) is 21.4 Å². The summed E-state index contributed by atoms with van der Waals surface area (Å²) in [6.45, 7) is 7.62. The molecule has 0 aliphatic carbocycles. The fraction of sp³-hybridized carbons (Fsp3) is 0.414. The van der Waals surface area contributed by atoms with Crippen molar-refractivity contribution in [1.29, 1.82) is 5.26 Å². The average molecular weight is 616 g/mol. The largest absolute Gasteiger partial charge is 0.444 e. The van der Waals surface area contributed by atoms with Crippen molar-refractivity contribution in [3.05, 3.63) is 45.7 Å². The number of carbonyl (C=O) groups is 1. The molecule has 41 heavy (non-hydrogen) atoms. The quantitative estimate of drug-likeness (QED) is 0.215. The van der Waals surface area contributed by atoms with Crippen LogP contribution in [0.25, 0.3) is 33.1 Å². The summed E-state index contributed by atoms with van der Waals surface area (Å²) >= 11 is 14.5. The van der Waals surface area contributed by atoms with Crippen molar-refractivity contribution in [1.82, 2.24) is 24.9 Å². The van der Waals surface area contributed by atoms with Gasteiger partial charge in [-0.05, 0) is 70.1 Å². The number of thioether (sulfide) groups is 1. The van der Waals surface area contributed by atoms with Gasteiger partial charge in [0.1, 0.15) is 27.2 Å². The third-order valence-corrected chi connectivity index (χ3v) is 8.66. The topological polar surface area (TPSA) is 96.9 Å². The number of benzene rings is 2. The molecule has 0 bridgehead atoms. The van der Waals surface area contributed by atoms with Crippen LogP contribution in [0, 0.1) is 24.1 Å². The van der Waals surface area contributed by atoms with Gasteiger partial charge in [0.25, 0.3) is 0 Å². The SMILES string of the molecule is CSc1nc2c(F)c(-c3cccc(Cl)c3C)c(Cl)cc2c2c1nnn2[C@H]1CCN(C(=O)OC(C)(C)C)[C@H](CC#N)C1. The Hall–Kier alpha value is -3.13. The number of ether oxygens (including phenoxy) is 1. The predicted octanol–water partition coefficient (Wildman–Crippen LogP) is 7.98. The van der Waals surface area contributed by atoms with Gasteiger partial charge in [-0.15, -0.1) is 16.9 Å². The summed E-state index contributed by atoms with van der Waals surface area (Å²) in [5, 5.41) is 20.2. The van der Waals surface area contributed by atoms with E-state index in [1.54, 1.807) is 33.8 Å². The van der Waals surface area contributed by atoms with Gasteiger partial charge in [-0.2, -0.15) is 5.26 Å². The maximum Gasteiger partial charge on any atom is 0.410 e. The Morgan fingerprint density at radius 3 is 2.71 bits per heavy atom. The molecule has 1 saturated heterocycles. The van der Waals surface area contributed by atoms with Gasteiger partial charge in [0.15, 0.2) is 5.82 Å². The van der Waals surface area contributed by atoms with Crippen LogP contribution in [0.5, 0.6) is 0 Å². The zero-order valence-electron chi connectivity index (χ0n) is 23.3. The van der Waals surface area contributed by atoms with Gasteiger partial charge >= 0.3 is 6.09 Å². The van der Waals surface area contributed by atoms with Crippen LogP contribution in [0.2, 0.25) is 10.0 Å². The summed E-state index contributed by atoms with van der Waals surface area (Å²) in [6, 6.07) is 8.62. The highest BCUT2D eigenvalue weighted by molar-refractivity contribution is 7.98. The number of hydrogen-bond acceptors (Lipinski definition) is 7. The molecule has 1 fully saturated rings. The van der Waals surface area contributed by atoms with Crippen molar-refractivity contribution >= 4 is 63.0 Å². The highest BCUT2D eigenvalue weighted by atomic mass is 35.5. The molecule has 2 aromatic carbocycles. The number of fused-ring (bicyclic) bond motifs is 3. The number of aromatic nitrogens is 4. The highest BCUT2D eigenvalue weighted by Crippen LogP contribution is 2.42. The first-order chi connectivity index (χ1) is 19.4. The predicted molar refractivity (Wildman–Crippen MR) is 160 cm³/mol. The molecule has 0 radical (unpaired) electrons. The lowest BCUT2D eigenvalue weighted by atomic mass is 9.95. The van der Waals surface area contributed by atoms with Crippen molar-refractivity contribution < 1.29 is 13.9 Å². The summed E-state index contributed by atoms with van der Waals surface area (Å²) in [7, 11) is 0. The summed E-state index contributed by atoms with van der Waals surface area (Å²) in [6.07, 6.45) is 2.55. The number of likely N-dealkylation sites (tertiary alicyclic amines) is 1. The normalized spacial score (nSPS) is 17.7. The molecule has 1 aliphatic rings. The van der Waals surface area contributed by atoms with Gasteiger partial charge in [0.2, 0.25) is 0 Å². The zero-order chi connectivity index (χ0) is 29.6. The van der Waals surface area contributed by atoms with Gasteiger partial charge in [-0.1, -0.05) is 40.5 Å². The number of amides is 1. The van der Waals surface area contributed by atoms with Gasteiger partial charge < -0.3 is 9.64 Å². The lowest BCUT2D eigenvalue weighted by Crippen LogP contribution is -2.48. The lowest BCUT2D eigenvalue weighted by Gasteiger charge is -2.39. The van der Waals surface area contributed by atoms with E-state index in [1.807, 2.05) is 34.0 Å². The van der Waals surface area contributed by atoms with Gasteiger partial charge in [-0.3, -0.25) is 0 Å². The summed E-state index contributed by atoms with van der Waals surface area (Å²) in [5.74, 6) is -0.551. The molecule has 5 rings (SSSR count). The standard InChI is InChI=1S/C29H29Cl2FN6O2S/c1-15-18(7-6-8-20(15)30)22-21(31)14-19-24(23(22)32)34-27(41-5)25-26(19)38(36-35-25)17-10-12-37(16(13-17)9-11-33)28(39)40-29(2,3)4/h6-8,14,16-17H,9-10,12-13H2,1-5H3/t16-,17+/m1/s1. The Morgan fingerprint density at radius 2 is 2.02 bits per heavy atom. The first-order valence-corrected chi connectivity index (χ1v) is 15.2. The second-order valence-electron chi connectivity index (χ2n) is 11.1. The Bertz CT molecular complexity index is 1710. The zero-order valence-corrected chi connectivity index (χ0v) is 25.7. The number of nitrogens with zero attached hydrogens (tertiary/aromatic N) is 6. The van der Waals surface area contributed by atoms with Crippen molar-refractivity contribution in [3.63, 3.8) is 0 Å². The van der Waals surface area contributed by atoms with E-state index in [9.17, 15) is 10.1 Å². The summed E-state index contributed by atoms with van der Waals surface area (Å²) in [4.78, 5) is 19.2. The van der Waals surface area contributed by atoms with E-state index in [4.69, 9.17) is 27.9 Å². The molecular formula is C29H29Cl2FN6O2S. The number of nitriles is 1. The van der Waals surface area contributed by atoms with Crippen LogP contribution >= 0.6 is 35.0 Å². The number of halogens is 3. The molecule has 0 spiro atoms. The smallest absolute Gasteiger partial charge is 0.410 e. The Labute approximate surface area is 251 Å². The second-order valence-corrected chi connectivity index (χ2v) is 12.7. The molecule has 0 N–H and O–H groups in total. The number of pyridine rings is 1. The van der Waals surface area contributed by atoms with E-state index in [0.717, 1.165) is 0 Å². The van der Waals surface area contributed by atoms with Crippen molar-refractivity contribution in [2.24, 2.45) is 0 Å². The minimum Gasteiger partial charge on any atom is -0.444 e. The number of hydrogen-bond donors (Lipinski definition) is 0. The molecule has 0 unspecified atom stereocenters. The third kappa shape index (κ3) is 5.43. The van der Waals surface area contributed by atoms with Crippen molar-refractivity contribution in [3.8, 4) is 17.2 Å². The lowest BCUT2D eigenvalue weighted by molar-refractivity contribution is 0.00557. The van der Waals surface area contributed by atoms with Crippen LogP contribution < -0.4 is 0 Å². The molecule has 2 atom stereocenters. The van der Waals surface area contributed by atoms with Crippen molar-refractivity contribution in [2.75, 3.05) is 12.8 Å². The van der Waals surface area contributed by atoms with Gasteiger partial charge in [0.05, 0.1) is 29.6 Å². The van der Waals surface area contributed by atoms with Gasteiger partial charge in [-0.25, -0.2) is 18.9 Å². The molecule has 12 heteroatoms. The van der Waals surface area contributed by atoms with E-state index in [-0.39, 0.29) is 34.6 Å². The minimum atomic E-state index is -0.654. The second kappa shape index (κ2) is 11.3. The molecular weight excluding hydrogens is 586 g/mol. The molecule has 4 aromatic rings. The maximum atomic E-state index is 16.3. The van der Waals surface area contributed by atoms with E-state index in [1.165, 1.54) is 11.8 Å². The Balaban J connectivity index is 1.63. The fourth-order valence-corrected chi connectivity index (χ4v) is 6.36. The highest BCUT2D eigenvalue weighted by Gasteiger charge is 2.36. The molecule has 1 amide bonds. The van der Waals surface area contributed by atoms with E-state index in [0.29, 0.717) is 57.0 Å². The van der Waals surface area contributed by atoms with Crippen LogP contribution in [-0.2, 0) is 4.74 Å². The van der Waals surface area contributed by atoms with Crippen LogP contribution in [0.3, 0.4) is 0 Å². The molecule has 214 valence electrons. The van der Waals surface area contributed by atoms with Crippen molar-refractivity contribution in [2.45, 2.75) is 69.7 Å². The first kappa shape index (κ1) is 29.4. The molecule has 8 nitrogen and oxygen atoms in total. The monoisotopic (exact) mass is 614 g/mol. The number of piperidine rings is 1. The summed E-state index contributed by atoms with van der Waals surface area (Å²) < 4.78 is 23.7. The number of carbonyl (C=O) groups excluding carboxylic acids is 1. The number of rotatable bonds is 4. The maximum absolute atomic E-state index is 16.3. The summed E-state index contributed by atoms with van der Waals surface area (Å²) in [5.41, 5.74) is 2.20. The van der Waals surface area contributed by atoms with Crippen LogP contribution in [-0.4, -0.2) is 55.4 Å². The average Bonchev–Trinajstić information content (AvgIpc) is 3.36. The molecule has 2 aromatic heterocycles. The molecule has 1 aliphatic heterocycles. The van der Waals surface area contributed by atoms with Crippen LogP contribution in [0.4, 0.5) is 9.18 Å². The molecule has 3 heterocycles. The Kier molecular flexibility index (Phi) is 8.07. The van der Waals surface area contributed by atoms with Crippen LogP contribution in [0.1, 0.15) is 51.6 Å². The Morgan fingerprint density at radius 1 is 1.27 bits per heavy atom. The fourth-order valence-electron chi connectivity index (χ4n) is 5.38.